The standard InChI is InChI=1S/C27H23BrF3N3O4S/c1-37-22-13-20-21(14-23(22)38-2)33-26(39-15-24(35)32-19-5-3-4-18(28)12-19)34(25(20)36)11-10-16-6-8-17(9-7-16)27(29,30)31/h3-9,12-14H,10-11,15H2,1-2H3,(H,32,35). The number of methoxy groups -OCH3 is 2. The van der Waals surface area contributed by atoms with Crippen LogP contribution in [0.3, 0.4) is 0 Å². The molecule has 39 heavy (non-hydrogen) atoms. The van der Waals surface area contributed by atoms with Gasteiger partial charge in [-0.15, -0.1) is 0 Å². The first-order valence-electron chi connectivity index (χ1n) is 11.6. The van der Waals surface area contributed by atoms with Gasteiger partial charge in [0.05, 0.1) is 36.4 Å². The zero-order valence-electron chi connectivity index (χ0n) is 20.8. The van der Waals surface area contributed by atoms with Gasteiger partial charge in [0.1, 0.15) is 0 Å². The molecule has 12 heteroatoms. The molecule has 3 aromatic carbocycles. The number of alkyl halides is 3. The van der Waals surface area contributed by atoms with Crippen LogP contribution in [0.25, 0.3) is 10.9 Å². The van der Waals surface area contributed by atoms with Crippen LogP contribution in [0.4, 0.5) is 18.9 Å². The summed E-state index contributed by atoms with van der Waals surface area (Å²) in [5.41, 5.74) is 0.467. The summed E-state index contributed by atoms with van der Waals surface area (Å²) in [7, 11) is 2.92. The number of ether oxygens (including phenoxy) is 2. The molecule has 0 aliphatic carbocycles. The van der Waals surface area contributed by atoms with Crippen LogP contribution in [0.15, 0.2) is 75.1 Å². The number of carbonyl (C=O) groups is 1. The minimum absolute atomic E-state index is 0.0297. The third-order valence-corrected chi connectivity index (χ3v) is 7.24. The minimum Gasteiger partial charge on any atom is -0.493 e. The number of rotatable bonds is 9. The van der Waals surface area contributed by atoms with E-state index in [4.69, 9.17) is 9.47 Å². The van der Waals surface area contributed by atoms with Gasteiger partial charge in [-0.1, -0.05) is 45.9 Å². The van der Waals surface area contributed by atoms with E-state index in [2.05, 4.69) is 26.2 Å². The largest absolute Gasteiger partial charge is 0.493 e. The lowest BCUT2D eigenvalue weighted by molar-refractivity contribution is -0.137. The van der Waals surface area contributed by atoms with E-state index >= 15 is 0 Å². The SMILES string of the molecule is COc1cc2nc(SCC(=O)Nc3cccc(Br)c3)n(CCc3ccc(C(F)(F)F)cc3)c(=O)c2cc1OC. The van der Waals surface area contributed by atoms with Gasteiger partial charge in [-0.05, 0) is 48.4 Å². The maximum atomic E-state index is 13.6. The Hall–Kier alpha value is -3.51. The van der Waals surface area contributed by atoms with E-state index in [0.717, 1.165) is 28.4 Å². The molecule has 0 saturated heterocycles. The smallest absolute Gasteiger partial charge is 0.416 e. The fraction of sp³-hybridized carbons (Fsp3) is 0.222. The highest BCUT2D eigenvalue weighted by atomic mass is 79.9. The van der Waals surface area contributed by atoms with Gasteiger partial charge >= 0.3 is 6.18 Å². The molecule has 1 aromatic heterocycles. The predicted molar refractivity (Wildman–Crippen MR) is 148 cm³/mol. The molecule has 1 heterocycles. The van der Waals surface area contributed by atoms with E-state index in [0.29, 0.717) is 28.3 Å². The number of aryl methyl sites for hydroxylation is 1. The Kier molecular flexibility index (Phi) is 8.86. The molecule has 4 aromatic rings. The second-order valence-corrected chi connectivity index (χ2v) is 10.2. The predicted octanol–water partition coefficient (Wildman–Crippen LogP) is 6.17. The van der Waals surface area contributed by atoms with Crippen molar-refractivity contribution in [3.63, 3.8) is 0 Å². The zero-order valence-corrected chi connectivity index (χ0v) is 23.2. The van der Waals surface area contributed by atoms with Gasteiger partial charge in [0.25, 0.3) is 5.56 Å². The maximum Gasteiger partial charge on any atom is 0.416 e. The Morgan fingerprint density at radius 3 is 2.38 bits per heavy atom. The molecule has 0 unspecified atom stereocenters. The average Bonchev–Trinajstić information content (AvgIpc) is 2.90. The summed E-state index contributed by atoms with van der Waals surface area (Å²) in [6, 6.07) is 15.0. The van der Waals surface area contributed by atoms with Crippen molar-refractivity contribution in [2.45, 2.75) is 24.3 Å². The fourth-order valence-corrected chi connectivity index (χ4v) is 5.05. The number of fused-ring (bicyclic) bond motifs is 1. The quantitative estimate of drug-likeness (QED) is 0.178. The van der Waals surface area contributed by atoms with Gasteiger partial charge in [-0.25, -0.2) is 4.98 Å². The number of amides is 1. The van der Waals surface area contributed by atoms with Gasteiger partial charge in [-0.3, -0.25) is 14.2 Å². The van der Waals surface area contributed by atoms with E-state index < -0.39 is 11.7 Å². The zero-order chi connectivity index (χ0) is 28.2. The number of aromatic nitrogens is 2. The summed E-state index contributed by atoms with van der Waals surface area (Å²) < 4.78 is 51.7. The number of hydrogen-bond donors (Lipinski definition) is 1. The molecule has 204 valence electrons. The first-order valence-corrected chi connectivity index (χ1v) is 13.4. The fourth-order valence-electron chi connectivity index (χ4n) is 3.83. The summed E-state index contributed by atoms with van der Waals surface area (Å²) in [5, 5.41) is 3.37. The Labute approximate surface area is 234 Å². The highest BCUT2D eigenvalue weighted by Gasteiger charge is 2.30. The summed E-state index contributed by atoms with van der Waals surface area (Å²) in [6.45, 7) is 0.136. The molecule has 0 fully saturated rings. The lowest BCUT2D eigenvalue weighted by Gasteiger charge is -2.15. The average molecular weight is 622 g/mol. The Morgan fingerprint density at radius 1 is 1.05 bits per heavy atom. The van der Waals surface area contributed by atoms with E-state index in [-0.39, 0.29) is 40.7 Å². The first kappa shape index (κ1) is 28.5. The molecular formula is C27H23BrF3N3O4S. The lowest BCUT2D eigenvalue weighted by Crippen LogP contribution is -2.25. The topological polar surface area (TPSA) is 82.5 Å². The number of anilines is 1. The third kappa shape index (κ3) is 6.93. The normalized spacial score (nSPS) is 11.4. The van der Waals surface area contributed by atoms with E-state index in [9.17, 15) is 22.8 Å². The van der Waals surface area contributed by atoms with Crippen LogP contribution < -0.4 is 20.3 Å². The molecular weight excluding hydrogens is 599 g/mol. The molecule has 0 aliphatic heterocycles. The summed E-state index contributed by atoms with van der Waals surface area (Å²) in [4.78, 5) is 30.8. The Balaban J connectivity index is 1.64. The molecule has 1 N–H and O–H groups in total. The molecule has 0 bridgehead atoms. The molecule has 7 nitrogen and oxygen atoms in total. The van der Waals surface area contributed by atoms with Crippen LogP contribution >= 0.6 is 27.7 Å². The van der Waals surface area contributed by atoms with Crippen LogP contribution in [0.2, 0.25) is 0 Å². The van der Waals surface area contributed by atoms with Crippen LogP contribution in [0, 0.1) is 0 Å². The molecule has 0 aliphatic rings. The van der Waals surface area contributed by atoms with Crippen molar-refractivity contribution in [1.29, 1.82) is 0 Å². The summed E-state index contributed by atoms with van der Waals surface area (Å²) >= 11 is 4.44. The molecule has 4 rings (SSSR count). The third-order valence-electron chi connectivity index (χ3n) is 5.77. The number of nitrogens with zero attached hydrogens (tertiary/aromatic N) is 2. The molecule has 0 spiro atoms. The number of halogens is 4. The second-order valence-electron chi connectivity index (χ2n) is 8.37. The summed E-state index contributed by atoms with van der Waals surface area (Å²) in [6.07, 6.45) is -4.16. The van der Waals surface area contributed by atoms with E-state index in [1.807, 2.05) is 6.07 Å². The van der Waals surface area contributed by atoms with Gasteiger partial charge in [-0.2, -0.15) is 13.2 Å². The molecule has 0 atom stereocenters. The molecule has 0 saturated carbocycles. The highest BCUT2D eigenvalue weighted by molar-refractivity contribution is 9.10. The van der Waals surface area contributed by atoms with Crippen molar-refractivity contribution in [2.24, 2.45) is 0 Å². The lowest BCUT2D eigenvalue weighted by atomic mass is 10.1. The highest BCUT2D eigenvalue weighted by Crippen LogP contribution is 2.32. The Bertz CT molecular complexity index is 1560. The number of nitrogens with one attached hydrogen (secondary N) is 1. The van der Waals surface area contributed by atoms with Gasteiger partial charge < -0.3 is 14.8 Å². The van der Waals surface area contributed by atoms with E-state index in [1.54, 1.807) is 24.3 Å². The van der Waals surface area contributed by atoms with Crippen molar-refractivity contribution in [2.75, 3.05) is 25.3 Å². The number of carbonyl (C=O) groups excluding carboxylic acids is 1. The minimum atomic E-state index is -4.43. The van der Waals surface area contributed by atoms with Crippen molar-refractivity contribution in [3.05, 3.63) is 86.6 Å². The van der Waals surface area contributed by atoms with Crippen molar-refractivity contribution >= 4 is 50.2 Å². The van der Waals surface area contributed by atoms with Gasteiger partial charge in [0.2, 0.25) is 5.91 Å². The Morgan fingerprint density at radius 2 is 1.74 bits per heavy atom. The molecule has 1 amide bonds. The second kappa shape index (κ2) is 12.1. The monoisotopic (exact) mass is 621 g/mol. The number of benzene rings is 3. The van der Waals surface area contributed by atoms with Crippen LogP contribution in [-0.2, 0) is 23.9 Å². The van der Waals surface area contributed by atoms with Crippen molar-refractivity contribution < 1.29 is 27.4 Å². The van der Waals surface area contributed by atoms with Crippen LogP contribution in [-0.4, -0.2) is 35.4 Å². The maximum absolute atomic E-state index is 13.6. The molecule has 0 radical (unpaired) electrons. The van der Waals surface area contributed by atoms with Crippen molar-refractivity contribution in [1.82, 2.24) is 9.55 Å². The summed E-state index contributed by atoms with van der Waals surface area (Å²) in [5.74, 6) is 0.418. The van der Waals surface area contributed by atoms with Crippen LogP contribution in [0.5, 0.6) is 11.5 Å². The van der Waals surface area contributed by atoms with Crippen molar-refractivity contribution in [3.8, 4) is 11.5 Å². The van der Waals surface area contributed by atoms with E-state index in [1.165, 1.54) is 37.0 Å². The van der Waals surface area contributed by atoms with Gasteiger partial charge in [0.15, 0.2) is 16.7 Å². The number of hydrogen-bond acceptors (Lipinski definition) is 6. The first-order chi connectivity index (χ1) is 18.6. The number of thioether (sulfide) groups is 1. The van der Waals surface area contributed by atoms with Crippen LogP contribution in [0.1, 0.15) is 11.1 Å². The van der Waals surface area contributed by atoms with Gasteiger partial charge in [0, 0.05) is 22.8 Å².